The summed E-state index contributed by atoms with van der Waals surface area (Å²) in [6, 6.07) is 5.03. The van der Waals surface area contributed by atoms with Crippen LogP contribution in [0.15, 0.2) is 35.1 Å². The van der Waals surface area contributed by atoms with Crippen molar-refractivity contribution in [3.63, 3.8) is 0 Å². The number of hydrogen-bond donors (Lipinski definition) is 1. The summed E-state index contributed by atoms with van der Waals surface area (Å²) in [5.41, 5.74) is 2.05. The number of aromatic nitrogens is 2. The minimum Gasteiger partial charge on any atom is -0.310 e. The second-order valence-electron chi connectivity index (χ2n) is 4.73. The fourth-order valence-electron chi connectivity index (χ4n) is 2.23. The highest BCUT2D eigenvalue weighted by Crippen LogP contribution is 2.20. The van der Waals surface area contributed by atoms with Crippen molar-refractivity contribution >= 4 is 15.9 Å². The Balaban J connectivity index is 2.14. The molecule has 0 aliphatic rings. The number of nitrogens with zero attached hydrogens (tertiary/aromatic N) is 2. The summed E-state index contributed by atoms with van der Waals surface area (Å²) < 4.78 is 16.0. The molecule has 108 valence electrons. The van der Waals surface area contributed by atoms with Gasteiger partial charge < -0.3 is 5.32 Å². The molecular formula is C15H19BrFN3. The lowest BCUT2D eigenvalue weighted by molar-refractivity contribution is 0.536. The van der Waals surface area contributed by atoms with Crippen LogP contribution in [0.4, 0.5) is 4.39 Å². The summed E-state index contributed by atoms with van der Waals surface area (Å²) in [5, 5.41) is 7.79. The first-order chi connectivity index (χ1) is 9.63. The van der Waals surface area contributed by atoms with E-state index in [9.17, 15) is 4.39 Å². The second-order valence-corrected chi connectivity index (χ2v) is 5.58. The summed E-state index contributed by atoms with van der Waals surface area (Å²) in [7, 11) is 0. The Labute approximate surface area is 127 Å². The van der Waals surface area contributed by atoms with Crippen LogP contribution in [0.5, 0.6) is 0 Å². The average Bonchev–Trinajstić information content (AvgIpc) is 2.88. The van der Waals surface area contributed by atoms with Gasteiger partial charge in [0.25, 0.3) is 0 Å². The van der Waals surface area contributed by atoms with Crippen molar-refractivity contribution in [1.29, 1.82) is 0 Å². The van der Waals surface area contributed by atoms with Crippen LogP contribution >= 0.6 is 15.9 Å². The van der Waals surface area contributed by atoms with Gasteiger partial charge in [0.1, 0.15) is 5.82 Å². The van der Waals surface area contributed by atoms with Crippen LogP contribution in [0.25, 0.3) is 0 Å². The van der Waals surface area contributed by atoms with Gasteiger partial charge in [-0.05, 0) is 36.7 Å². The number of nitrogens with one attached hydrogen (secondary N) is 1. The van der Waals surface area contributed by atoms with Crippen molar-refractivity contribution in [2.24, 2.45) is 0 Å². The minimum absolute atomic E-state index is 0.227. The van der Waals surface area contributed by atoms with Gasteiger partial charge in [-0.1, -0.05) is 29.8 Å². The van der Waals surface area contributed by atoms with Gasteiger partial charge in [-0.2, -0.15) is 5.10 Å². The molecule has 0 radical (unpaired) electrons. The van der Waals surface area contributed by atoms with E-state index in [0.29, 0.717) is 12.6 Å². The highest BCUT2D eigenvalue weighted by Gasteiger charge is 2.11. The van der Waals surface area contributed by atoms with E-state index in [-0.39, 0.29) is 5.82 Å². The van der Waals surface area contributed by atoms with Crippen LogP contribution in [0.3, 0.4) is 0 Å². The predicted molar refractivity (Wildman–Crippen MR) is 82.1 cm³/mol. The number of hydrogen-bond acceptors (Lipinski definition) is 2. The SMILES string of the molecule is CCNC(CC)c1cnn(Cc2cc(F)ccc2Br)c1. The van der Waals surface area contributed by atoms with Crippen molar-refractivity contribution in [2.75, 3.05) is 6.54 Å². The molecule has 1 N–H and O–H groups in total. The van der Waals surface area contributed by atoms with Gasteiger partial charge >= 0.3 is 0 Å². The van der Waals surface area contributed by atoms with E-state index in [1.54, 1.807) is 6.07 Å². The zero-order valence-corrected chi connectivity index (χ0v) is 13.3. The Hall–Kier alpha value is -1.20. The van der Waals surface area contributed by atoms with Crippen LogP contribution in [0.1, 0.15) is 37.4 Å². The monoisotopic (exact) mass is 339 g/mol. The van der Waals surface area contributed by atoms with Crippen LogP contribution in [-0.4, -0.2) is 16.3 Å². The fourth-order valence-corrected chi connectivity index (χ4v) is 2.60. The Kier molecular flexibility index (Phi) is 5.31. The maximum atomic E-state index is 13.3. The van der Waals surface area contributed by atoms with Gasteiger partial charge in [0.05, 0.1) is 12.7 Å². The van der Waals surface area contributed by atoms with Crippen molar-refractivity contribution < 1.29 is 4.39 Å². The van der Waals surface area contributed by atoms with E-state index < -0.39 is 0 Å². The van der Waals surface area contributed by atoms with Crippen molar-refractivity contribution in [1.82, 2.24) is 15.1 Å². The average molecular weight is 340 g/mol. The highest BCUT2D eigenvalue weighted by molar-refractivity contribution is 9.10. The molecule has 0 aliphatic carbocycles. The van der Waals surface area contributed by atoms with Gasteiger partial charge in [0.15, 0.2) is 0 Å². The van der Waals surface area contributed by atoms with E-state index in [0.717, 1.165) is 23.0 Å². The van der Waals surface area contributed by atoms with Crippen LogP contribution in [-0.2, 0) is 6.54 Å². The molecule has 2 aromatic rings. The molecule has 3 nitrogen and oxygen atoms in total. The topological polar surface area (TPSA) is 29.9 Å². The number of halogens is 2. The normalized spacial score (nSPS) is 12.6. The second kappa shape index (κ2) is 6.99. The molecule has 5 heteroatoms. The molecule has 0 fully saturated rings. The Bertz CT molecular complexity index is 568. The summed E-state index contributed by atoms with van der Waals surface area (Å²) in [5.74, 6) is -0.227. The molecule has 0 saturated carbocycles. The molecule has 20 heavy (non-hydrogen) atoms. The van der Waals surface area contributed by atoms with Gasteiger partial charge in [-0.25, -0.2) is 4.39 Å². The molecule has 0 bridgehead atoms. The maximum Gasteiger partial charge on any atom is 0.123 e. The first-order valence-electron chi connectivity index (χ1n) is 6.83. The van der Waals surface area contributed by atoms with Crippen LogP contribution in [0, 0.1) is 5.82 Å². The first-order valence-corrected chi connectivity index (χ1v) is 7.63. The number of rotatable bonds is 6. The summed E-state index contributed by atoms with van der Waals surface area (Å²) in [6.45, 7) is 5.73. The van der Waals surface area contributed by atoms with Gasteiger partial charge in [0, 0.05) is 22.3 Å². The smallest absolute Gasteiger partial charge is 0.123 e. The van der Waals surface area contributed by atoms with Gasteiger partial charge in [-0.15, -0.1) is 0 Å². The molecule has 1 atom stereocenters. The molecule has 0 aliphatic heterocycles. The predicted octanol–water partition coefficient (Wildman–Crippen LogP) is 3.89. The van der Waals surface area contributed by atoms with E-state index >= 15 is 0 Å². The fraction of sp³-hybridized carbons (Fsp3) is 0.400. The zero-order chi connectivity index (χ0) is 14.5. The van der Waals surface area contributed by atoms with Gasteiger partial charge in [-0.3, -0.25) is 4.68 Å². The Morgan fingerprint density at radius 3 is 2.90 bits per heavy atom. The van der Waals surface area contributed by atoms with Crippen molar-refractivity contribution in [2.45, 2.75) is 32.9 Å². The lowest BCUT2D eigenvalue weighted by atomic mass is 10.1. The van der Waals surface area contributed by atoms with E-state index in [1.807, 2.05) is 17.1 Å². The molecule has 1 heterocycles. The molecule has 0 saturated heterocycles. The third-order valence-corrected chi connectivity index (χ3v) is 4.03. The quantitative estimate of drug-likeness (QED) is 0.865. The molecule has 0 amide bonds. The largest absolute Gasteiger partial charge is 0.310 e. The summed E-state index contributed by atoms with van der Waals surface area (Å²) in [6.07, 6.45) is 4.92. The third kappa shape index (κ3) is 3.67. The lowest BCUT2D eigenvalue weighted by Gasteiger charge is -2.13. The molecule has 1 unspecified atom stereocenters. The standard InChI is InChI=1S/C15H19BrFN3/c1-3-15(18-4-2)12-8-19-20(10-12)9-11-7-13(17)5-6-14(11)16/h5-8,10,15,18H,3-4,9H2,1-2H3. The van der Waals surface area contributed by atoms with Crippen molar-refractivity contribution in [3.05, 3.63) is 52.0 Å². The molecule has 0 spiro atoms. The summed E-state index contributed by atoms with van der Waals surface area (Å²) >= 11 is 3.44. The maximum absolute atomic E-state index is 13.3. The first kappa shape index (κ1) is 15.2. The van der Waals surface area contributed by atoms with Gasteiger partial charge in [0.2, 0.25) is 0 Å². The summed E-state index contributed by atoms with van der Waals surface area (Å²) in [4.78, 5) is 0. The zero-order valence-electron chi connectivity index (χ0n) is 11.7. The Morgan fingerprint density at radius 2 is 2.20 bits per heavy atom. The molecule has 1 aromatic carbocycles. The highest BCUT2D eigenvalue weighted by atomic mass is 79.9. The number of benzene rings is 1. The van der Waals surface area contributed by atoms with E-state index in [2.05, 4.69) is 40.2 Å². The Morgan fingerprint density at radius 1 is 1.40 bits per heavy atom. The van der Waals surface area contributed by atoms with Crippen LogP contribution in [0.2, 0.25) is 0 Å². The minimum atomic E-state index is -0.227. The van der Waals surface area contributed by atoms with E-state index in [4.69, 9.17) is 0 Å². The molecule has 2 rings (SSSR count). The van der Waals surface area contributed by atoms with E-state index in [1.165, 1.54) is 17.7 Å². The molecular weight excluding hydrogens is 321 g/mol. The van der Waals surface area contributed by atoms with Crippen molar-refractivity contribution in [3.8, 4) is 0 Å². The third-order valence-electron chi connectivity index (χ3n) is 3.25. The van der Waals surface area contributed by atoms with Crippen LogP contribution < -0.4 is 5.32 Å². The lowest BCUT2D eigenvalue weighted by Crippen LogP contribution is -2.19. The molecule has 1 aromatic heterocycles.